The Hall–Kier alpha value is -4.79. The predicted octanol–water partition coefficient (Wildman–Crippen LogP) is 3.17. The number of nitrogens with zero attached hydrogens (tertiary/aromatic N) is 4. The molecule has 0 aliphatic rings. The van der Waals surface area contributed by atoms with Gasteiger partial charge in [-0.15, -0.1) is 0 Å². The van der Waals surface area contributed by atoms with Crippen LogP contribution in [0.4, 0.5) is 0 Å². The average molecular weight is 467 g/mol. The van der Waals surface area contributed by atoms with E-state index in [1.54, 1.807) is 31.4 Å². The highest BCUT2D eigenvalue weighted by molar-refractivity contribution is 6.04. The van der Waals surface area contributed by atoms with Gasteiger partial charge in [0.15, 0.2) is 11.5 Å². The van der Waals surface area contributed by atoms with Crippen LogP contribution in [0.5, 0.6) is 5.75 Å². The highest BCUT2D eigenvalue weighted by Crippen LogP contribution is 2.19. The second-order valence-corrected chi connectivity index (χ2v) is 7.86. The molecule has 5 aromatic rings. The van der Waals surface area contributed by atoms with Crippen molar-refractivity contribution in [3.63, 3.8) is 0 Å². The zero-order chi connectivity index (χ0) is 24.2. The Labute approximate surface area is 200 Å². The molecule has 2 N–H and O–H groups in total. The van der Waals surface area contributed by atoms with Gasteiger partial charge in [-0.25, -0.2) is 9.67 Å². The SMILES string of the molecule is COc1ccc(-c2n[nH]c(CNC(=O)c3nn(Cc4ccccc4)c(=O)c4ccccc34)n2)cc1. The van der Waals surface area contributed by atoms with Crippen LogP contribution in [0.15, 0.2) is 83.7 Å². The van der Waals surface area contributed by atoms with Gasteiger partial charge in [-0.2, -0.15) is 10.2 Å². The Morgan fingerprint density at radius 1 is 0.971 bits per heavy atom. The van der Waals surface area contributed by atoms with Gasteiger partial charge >= 0.3 is 0 Å². The minimum atomic E-state index is -0.412. The average Bonchev–Trinajstić information content (AvgIpc) is 3.39. The molecule has 0 atom stereocenters. The van der Waals surface area contributed by atoms with Crippen LogP contribution in [0, 0.1) is 0 Å². The van der Waals surface area contributed by atoms with Crippen molar-refractivity contribution in [3.05, 3.63) is 106 Å². The van der Waals surface area contributed by atoms with Crippen LogP contribution in [0.25, 0.3) is 22.2 Å². The van der Waals surface area contributed by atoms with Crippen molar-refractivity contribution in [2.45, 2.75) is 13.1 Å². The first-order valence-electron chi connectivity index (χ1n) is 11.0. The summed E-state index contributed by atoms with van der Waals surface area (Å²) >= 11 is 0. The van der Waals surface area contributed by atoms with Crippen LogP contribution in [0.3, 0.4) is 0 Å². The van der Waals surface area contributed by atoms with Crippen LogP contribution in [-0.2, 0) is 13.1 Å². The van der Waals surface area contributed by atoms with E-state index >= 15 is 0 Å². The standard InChI is InChI=1S/C26H22N6O3/c1-35-19-13-11-18(12-14-19)24-28-22(29-30-24)15-27-25(33)23-20-9-5-6-10-21(20)26(34)32(31-23)16-17-7-3-2-4-8-17/h2-14H,15-16H2,1H3,(H,27,33)(H,28,29,30). The Morgan fingerprint density at radius 2 is 1.69 bits per heavy atom. The molecule has 35 heavy (non-hydrogen) atoms. The van der Waals surface area contributed by atoms with Crippen LogP contribution in [-0.4, -0.2) is 38.0 Å². The topological polar surface area (TPSA) is 115 Å². The number of benzene rings is 3. The number of hydrogen-bond donors (Lipinski definition) is 2. The number of methoxy groups -OCH3 is 1. The molecular weight excluding hydrogens is 444 g/mol. The van der Waals surface area contributed by atoms with E-state index in [4.69, 9.17) is 4.74 Å². The molecule has 5 rings (SSSR count). The molecule has 0 fully saturated rings. The second kappa shape index (κ2) is 9.60. The molecule has 3 aromatic carbocycles. The molecule has 9 heteroatoms. The number of rotatable bonds is 7. The number of fused-ring (bicyclic) bond motifs is 1. The maximum atomic E-state index is 13.1. The van der Waals surface area contributed by atoms with Gasteiger partial charge in [0.1, 0.15) is 11.6 Å². The third-order valence-corrected chi connectivity index (χ3v) is 5.55. The summed E-state index contributed by atoms with van der Waals surface area (Å²) < 4.78 is 6.50. The van der Waals surface area contributed by atoms with Gasteiger partial charge < -0.3 is 10.1 Å². The summed E-state index contributed by atoms with van der Waals surface area (Å²) in [5.41, 5.74) is 1.66. The highest BCUT2D eigenvalue weighted by Gasteiger charge is 2.17. The quantitative estimate of drug-likeness (QED) is 0.381. The van der Waals surface area contributed by atoms with Crippen molar-refractivity contribution in [2.75, 3.05) is 7.11 Å². The zero-order valence-electron chi connectivity index (χ0n) is 18.9. The maximum absolute atomic E-state index is 13.1. The normalized spacial score (nSPS) is 10.9. The molecule has 174 valence electrons. The van der Waals surface area contributed by atoms with Crippen molar-refractivity contribution in [2.24, 2.45) is 0 Å². The lowest BCUT2D eigenvalue weighted by Gasteiger charge is -2.11. The monoisotopic (exact) mass is 466 g/mol. The summed E-state index contributed by atoms with van der Waals surface area (Å²) in [6.07, 6.45) is 0. The lowest BCUT2D eigenvalue weighted by atomic mass is 10.1. The lowest BCUT2D eigenvalue weighted by Crippen LogP contribution is -2.31. The molecule has 2 heterocycles. The summed E-state index contributed by atoms with van der Waals surface area (Å²) in [6.45, 7) is 0.383. The van der Waals surface area contributed by atoms with Crippen LogP contribution in [0.2, 0.25) is 0 Å². The third-order valence-electron chi connectivity index (χ3n) is 5.55. The Kier molecular flexibility index (Phi) is 6.04. The molecule has 0 bridgehead atoms. The number of carbonyl (C=O) groups excluding carboxylic acids is 1. The minimum Gasteiger partial charge on any atom is -0.497 e. The highest BCUT2D eigenvalue weighted by atomic mass is 16.5. The first-order chi connectivity index (χ1) is 17.1. The fourth-order valence-corrected chi connectivity index (χ4v) is 3.76. The Bertz CT molecular complexity index is 1540. The van der Waals surface area contributed by atoms with Crippen molar-refractivity contribution >= 4 is 16.7 Å². The second-order valence-electron chi connectivity index (χ2n) is 7.86. The number of nitrogens with one attached hydrogen (secondary N) is 2. The molecule has 0 saturated carbocycles. The van der Waals surface area contributed by atoms with Crippen LogP contribution in [0.1, 0.15) is 21.9 Å². The van der Waals surface area contributed by atoms with Crippen molar-refractivity contribution < 1.29 is 9.53 Å². The number of aromatic amines is 1. The van der Waals surface area contributed by atoms with Crippen LogP contribution >= 0.6 is 0 Å². The number of hydrogen-bond acceptors (Lipinski definition) is 6. The van der Waals surface area contributed by atoms with E-state index in [9.17, 15) is 9.59 Å². The summed E-state index contributed by atoms with van der Waals surface area (Å²) in [4.78, 5) is 30.6. The number of carbonyl (C=O) groups is 1. The van der Waals surface area contributed by atoms with Gasteiger partial charge in [0.25, 0.3) is 11.5 Å². The van der Waals surface area contributed by atoms with E-state index in [-0.39, 0.29) is 24.3 Å². The summed E-state index contributed by atoms with van der Waals surface area (Å²) in [6, 6.07) is 23.9. The van der Waals surface area contributed by atoms with E-state index in [2.05, 4.69) is 25.6 Å². The molecule has 2 aromatic heterocycles. The largest absolute Gasteiger partial charge is 0.497 e. The molecule has 0 aliphatic heterocycles. The number of aromatic nitrogens is 5. The van der Waals surface area contributed by atoms with E-state index in [1.807, 2.05) is 54.6 Å². The minimum absolute atomic E-state index is 0.121. The van der Waals surface area contributed by atoms with Gasteiger partial charge in [0.05, 0.1) is 25.6 Å². The van der Waals surface area contributed by atoms with E-state index in [0.717, 1.165) is 16.9 Å². The summed E-state index contributed by atoms with van der Waals surface area (Å²) in [5, 5.41) is 15.2. The third kappa shape index (κ3) is 4.65. The summed E-state index contributed by atoms with van der Waals surface area (Å²) in [5.74, 6) is 1.33. The Balaban J connectivity index is 1.38. The molecule has 9 nitrogen and oxygen atoms in total. The zero-order valence-corrected chi connectivity index (χ0v) is 18.9. The Morgan fingerprint density at radius 3 is 2.43 bits per heavy atom. The molecular formula is C26H22N6O3. The fourth-order valence-electron chi connectivity index (χ4n) is 3.76. The van der Waals surface area contributed by atoms with E-state index in [0.29, 0.717) is 22.4 Å². The van der Waals surface area contributed by atoms with E-state index in [1.165, 1.54) is 4.68 Å². The molecule has 0 spiro atoms. The number of H-pyrrole nitrogens is 1. The fraction of sp³-hybridized carbons (Fsp3) is 0.115. The predicted molar refractivity (Wildman–Crippen MR) is 131 cm³/mol. The number of ether oxygens (including phenoxy) is 1. The maximum Gasteiger partial charge on any atom is 0.274 e. The molecule has 0 saturated heterocycles. The van der Waals surface area contributed by atoms with Gasteiger partial charge in [-0.1, -0.05) is 48.5 Å². The van der Waals surface area contributed by atoms with Gasteiger partial charge in [0, 0.05) is 10.9 Å². The number of amides is 1. The van der Waals surface area contributed by atoms with Gasteiger partial charge in [-0.3, -0.25) is 14.7 Å². The van der Waals surface area contributed by atoms with Crippen LogP contribution < -0.4 is 15.6 Å². The van der Waals surface area contributed by atoms with Crippen molar-refractivity contribution in [3.8, 4) is 17.1 Å². The molecule has 1 amide bonds. The molecule has 0 radical (unpaired) electrons. The van der Waals surface area contributed by atoms with Crippen molar-refractivity contribution in [1.82, 2.24) is 30.3 Å². The first-order valence-corrected chi connectivity index (χ1v) is 11.0. The van der Waals surface area contributed by atoms with E-state index < -0.39 is 5.91 Å². The summed E-state index contributed by atoms with van der Waals surface area (Å²) in [7, 11) is 1.61. The van der Waals surface area contributed by atoms with Gasteiger partial charge in [0.2, 0.25) is 0 Å². The van der Waals surface area contributed by atoms with Gasteiger partial charge in [-0.05, 0) is 35.9 Å². The molecule has 0 unspecified atom stereocenters. The smallest absolute Gasteiger partial charge is 0.274 e. The lowest BCUT2D eigenvalue weighted by molar-refractivity contribution is 0.0944. The first kappa shape index (κ1) is 22.0. The van der Waals surface area contributed by atoms with Crippen molar-refractivity contribution in [1.29, 1.82) is 0 Å². The molecule has 0 aliphatic carbocycles.